The lowest BCUT2D eigenvalue weighted by Gasteiger charge is -2.17. The zero-order chi connectivity index (χ0) is 14.0. The van der Waals surface area contributed by atoms with Gasteiger partial charge in [-0.1, -0.05) is 12.1 Å². The number of carbonyl (C=O) groups excluding carboxylic acids is 1. The Kier molecular flexibility index (Phi) is 4.04. The highest BCUT2D eigenvalue weighted by molar-refractivity contribution is 5.83. The van der Waals surface area contributed by atoms with Crippen molar-refractivity contribution >= 4 is 5.91 Å². The van der Waals surface area contributed by atoms with Crippen LogP contribution in [0, 0.1) is 5.82 Å². The molecule has 0 radical (unpaired) electrons. The Morgan fingerprint density at radius 1 is 1.58 bits per heavy atom. The second kappa shape index (κ2) is 5.57. The van der Waals surface area contributed by atoms with Crippen LogP contribution in [0.3, 0.4) is 0 Å². The number of ether oxygens (including phenoxy) is 1. The van der Waals surface area contributed by atoms with Gasteiger partial charge in [-0.3, -0.25) is 4.79 Å². The minimum absolute atomic E-state index is 0.0916. The lowest BCUT2D eigenvalue weighted by Crippen LogP contribution is -2.30. The van der Waals surface area contributed by atoms with Crippen molar-refractivity contribution in [2.45, 2.75) is 31.9 Å². The largest absolute Gasteiger partial charge is 0.477 e. The van der Waals surface area contributed by atoms with E-state index in [0.29, 0.717) is 24.9 Å². The first-order chi connectivity index (χ1) is 8.99. The van der Waals surface area contributed by atoms with Gasteiger partial charge < -0.3 is 15.4 Å². The molecule has 1 aromatic carbocycles. The molecule has 2 rings (SSSR count). The molecule has 2 unspecified atom stereocenters. The van der Waals surface area contributed by atoms with E-state index in [0.717, 1.165) is 0 Å². The van der Waals surface area contributed by atoms with E-state index in [1.54, 1.807) is 24.1 Å². The number of carbonyl (C=O) groups is 1. The quantitative estimate of drug-likeness (QED) is 0.894. The van der Waals surface area contributed by atoms with Crippen LogP contribution in [0.4, 0.5) is 4.39 Å². The van der Waals surface area contributed by atoms with Crippen LogP contribution in [-0.2, 0) is 11.2 Å². The number of hydrogen-bond acceptors (Lipinski definition) is 3. The summed E-state index contributed by atoms with van der Waals surface area (Å²) in [6.45, 7) is 2.49. The predicted octanol–water partition coefficient (Wildman–Crippen LogP) is 1.32. The second-order valence-corrected chi connectivity index (χ2v) is 5.06. The standard InChI is InChI=1S/C14H19FN2O2/c1-9(16)8-10-4-3-5-11(15)13(10)19-12-6-7-17(2)14(12)18/h3-5,9,12H,6-8,16H2,1-2H3. The second-order valence-electron chi connectivity index (χ2n) is 5.06. The van der Waals surface area contributed by atoms with Crippen LogP contribution < -0.4 is 10.5 Å². The van der Waals surface area contributed by atoms with E-state index in [1.807, 2.05) is 6.92 Å². The van der Waals surface area contributed by atoms with E-state index in [1.165, 1.54) is 6.07 Å². The molecule has 5 heteroatoms. The molecule has 2 atom stereocenters. The molecule has 0 aliphatic carbocycles. The third-order valence-corrected chi connectivity index (χ3v) is 3.23. The van der Waals surface area contributed by atoms with Gasteiger partial charge in [0.2, 0.25) is 0 Å². The van der Waals surface area contributed by atoms with Gasteiger partial charge >= 0.3 is 0 Å². The maximum Gasteiger partial charge on any atom is 0.263 e. The van der Waals surface area contributed by atoms with Crippen molar-refractivity contribution in [2.75, 3.05) is 13.6 Å². The first-order valence-corrected chi connectivity index (χ1v) is 6.43. The van der Waals surface area contributed by atoms with Crippen LogP contribution in [0.5, 0.6) is 5.75 Å². The molecular formula is C14H19FN2O2. The summed E-state index contributed by atoms with van der Waals surface area (Å²) in [4.78, 5) is 13.4. The maximum absolute atomic E-state index is 13.9. The van der Waals surface area contributed by atoms with Gasteiger partial charge in [-0.25, -0.2) is 4.39 Å². The highest BCUT2D eigenvalue weighted by Gasteiger charge is 2.32. The molecule has 0 bridgehead atoms. The fraction of sp³-hybridized carbons (Fsp3) is 0.500. The monoisotopic (exact) mass is 266 g/mol. The Labute approximate surface area is 112 Å². The summed E-state index contributed by atoms with van der Waals surface area (Å²) in [5.41, 5.74) is 6.45. The highest BCUT2D eigenvalue weighted by Crippen LogP contribution is 2.27. The molecule has 0 spiro atoms. The van der Waals surface area contributed by atoms with Crippen LogP contribution in [0.15, 0.2) is 18.2 Å². The Morgan fingerprint density at radius 2 is 2.32 bits per heavy atom. The molecule has 1 heterocycles. The fourth-order valence-electron chi connectivity index (χ4n) is 2.24. The lowest BCUT2D eigenvalue weighted by atomic mass is 10.1. The summed E-state index contributed by atoms with van der Waals surface area (Å²) < 4.78 is 19.5. The highest BCUT2D eigenvalue weighted by atomic mass is 19.1. The number of rotatable bonds is 4. The number of nitrogens with zero attached hydrogens (tertiary/aromatic N) is 1. The number of halogens is 1. The van der Waals surface area contributed by atoms with E-state index >= 15 is 0 Å². The zero-order valence-corrected chi connectivity index (χ0v) is 11.2. The average Bonchev–Trinajstić information content (AvgIpc) is 2.64. The Hall–Kier alpha value is -1.62. The molecule has 4 nitrogen and oxygen atoms in total. The first-order valence-electron chi connectivity index (χ1n) is 6.43. The smallest absolute Gasteiger partial charge is 0.263 e. The normalized spacial score (nSPS) is 20.7. The third kappa shape index (κ3) is 3.04. The van der Waals surface area contributed by atoms with Gasteiger partial charge in [0.25, 0.3) is 5.91 Å². The van der Waals surface area contributed by atoms with Crippen molar-refractivity contribution in [1.82, 2.24) is 4.90 Å². The maximum atomic E-state index is 13.9. The molecule has 1 fully saturated rings. The summed E-state index contributed by atoms with van der Waals surface area (Å²) in [5, 5.41) is 0. The lowest BCUT2D eigenvalue weighted by molar-refractivity contribution is -0.132. The molecule has 1 aliphatic heterocycles. The van der Waals surface area contributed by atoms with Gasteiger partial charge in [0.15, 0.2) is 17.7 Å². The van der Waals surface area contributed by atoms with E-state index in [4.69, 9.17) is 10.5 Å². The van der Waals surface area contributed by atoms with Crippen molar-refractivity contribution in [3.63, 3.8) is 0 Å². The molecule has 1 saturated heterocycles. The number of amides is 1. The third-order valence-electron chi connectivity index (χ3n) is 3.23. The molecule has 1 aliphatic rings. The number of likely N-dealkylation sites (N-methyl/N-ethyl adjacent to an activating group) is 1. The molecule has 19 heavy (non-hydrogen) atoms. The fourth-order valence-corrected chi connectivity index (χ4v) is 2.24. The van der Waals surface area contributed by atoms with Gasteiger partial charge in [0.1, 0.15) is 0 Å². The Balaban J connectivity index is 2.21. The van der Waals surface area contributed by atoms with Gasteiger partial charge in [-0.2, -0.15) is 0 Å². The van der Waals surface area contributed by atoms with Gasteiger partial charge in [-0.15, -0.1) is 0 Å². The summed E-state index contributed by atoms with van der Waals surface area (Å²) in [6, 6.07) is 4.66. The van der Waals surface area contributed by atoms with Crippen LogP contribution in [0.2, 0.25) is 0 Å². The van der Waals surface area contributed by atoms with Gasteiger partial charge in [-0.05, 0) is 25.0 Å². The predicted molar refractivity (Wildman–Crippen MR) is 70.4 cm³/mol. The van der Waals surface area contributed by atoms with Crippen molar-refractivity contribution in [3.05, 3.63) is 29.6 Å². The first kappa shape index (κ1) is 13.8. The summed E-state index contributed by atoms with van der Waals surface area (Å²) in [7, 11) is 1.72. The van der Waals surface area contributed by atoms with Crippen molar-refractivity contribution in [1.29, 1.82) is 0 Å². The molecule has 0 saturated carbocycles. The number of likely N-dealkylation sites (tertiary alicyclic amines) is 1. The number of benzene rings is 1. The molecule has 1 amide bonds. The minimum Gasteiger partial charge on any atom is -0.477 e. The van der Waals surface area contributed by atoms with E-state index in [9.17, 15) is 9.18 Å². The zero-order valence-electron chi connectivity index (χ0n) is 11.2. The van der Waals surface area contributed by atoms with Crippen molar-refractivity contribution in [3.8, 4) is 5.75 Å². The number of nitrogens with two attached hydrogens (primary N) is 1. The number of para-hydroxylation sites is 1. The topological polar surface area (TPSA) is 55.6 Å². The molecule has 104 valence electrons. The molecular weight excluding hydrogens is 247 g/mol. The minimum atomic E-state index is -0.589. The van der Waals surface area contributed by atoms with Crippen molar-refractivity contribution in [2.24, 2.45) is 5.73 Å². The van der Waals surface area contributed by atoms with Gasteiger partial charge in [0, 0.05) is 26.1 Å². The SMILES string of the molecule is CC(N)Cc1cccc(F)c1OC1CCN(C)C1=O. The van der Waals surface area contributed by atoms with Crippen molar-refractivity contribution < 1.29 is 13.9 Å². The van der Waals surface area contributed by atoms with Crippen LogP contribution in [-0.4, -0.2) is 36.5 Å². The average molecular weight is 266 g/mol. The van der Waals surface area contributed by atoms with E-state index in [-0.39, 0.29) is 17.7 Å². The molecule has 0 aromatic heterocycles. The summed E-state index contributed by atoms with van der Waals surface area (Å²) in [6.07, 6.45) is 0.513. The summed E-state index contributed by atoms with van der Waals surface area (Å²) in [5.74, 6) is -0.385. The van der Waals surface area contributed by atoms with Crippen LogP contribution in [0.1, 0.15) is 18.9 Å². The molecule has 1 aromatic rings. The number of hydrogen-bond donors (Lipinski definition) is 1. The molecule has 2 N–H and O–H groups in total. The van der Waals surface area contributed by atoms with E-state index in [2.05, 4.69) is 0 Å². The van der Waals surface area contributed by atoms with Gasteiger partial charge in [0.05, 0.1) is 0 Å². The Bertz CT molecular complexity index is 477. The Morgan fingerprint density at radius 3 is 2.89 bits per heavy atom. The summed E-state index contributed by atoms with van der Waals surface area (Å²) >= 11 is 0. The van der Waals surface area contributed by atoms with E-state index < -0.39 is 11.9 Å². The van der Waals surface area contributed by atoms with Crippen LogP contribution in [0.25, 0.3) is 0 Å². The van der Waals surface area contributed by atoms with Crippen LogP contribution >= 0.6 is 0 Å².